The number of hydrogen-bond acceptors (Lipinski definition) is 11. The molecule has 2 aliphatic heterocycles. The third kappa shape index (κ3) is 10.9. The van der Waals surface area contributed by atoms with Crippen molar-refractivity contribution in [1.82, 2.24) is 25.2 Å². The van der Waals surface area contributed by atoms with Crippen molar-refractivity contribution >= 4 is 44.6 Å². The molecule has 2 aliphatic carbocycles. The highest BCUT2D eigenvalue weighted by atomic mass is 32.2. The molecule has 1 saturated heterocycles. The SMILES string of the molecule is COc1cc2cc(-c3ccc(OC(C)C)cc3)nc(O[C@@H]3C[C@H]4C(=O)N[C@]5(C(=O)NS(=O)(=O)C6CC6)C[C@H]5/C=C\CC[C@H](C)C[C@@H](C)[C@H](NC(=O)OC(C)(C)C(F)(F)F)C(=O)N4C3)c2cc1F. The average Bonchev–Trinajstić information content (AvgIpc) is 4.17. The molecule has 3 fully saturated rings. The van der Waals surface area contributed by atoms with Crippen LogP contribution in [0.1, 0.15) is 86.5 Å². The first-order valence-electron chi connectivity index (χ1n) is 22.4. The normalized spacial score (nSPS) is 26.6. The molecule has 2 saturated carbocycles. The number of benzene rings is 2. The van der Waals surface area contributed by atoms with E-state index in [0.717, 1.165) is 4.90 Å². The number of nitrogens with one attached hydrogen (secondary N) is 3. The zero-order valence-electron chi connectivity index (χ0n) is 38.4. The Morgan fingerprint density at radius 2 is 1.72 bits per heavy atom. The van der Waals surface area contributed by atoms with Crippen LogP contribution < -0.4 is 29.6 Å². The highest BCUT2D eigenvalue weighted by Crippen LogP contribution is 2.46. The molecule has 1 aromatic heterocycles. The van der Waals surface area contributed by atoms with Gasteiger partial charge in [0.2, 0.25) is 33.3 Å². The molecule has 0 bridgehead atoms. The second-order valence-corrected chi connectivity index (χ2v) is 20.9. The van der Waals surface area contributed by atoms with E-state index in [4.69, 9.17) is 23.9 Å². The number of nitrogens with zero attached hydrogens (tertiary/aromatic N) is 2. The average molecular weight is 960 g/mol. The maximum absolute atomic E-state index is 15.4. The van der Waals surface area contributed by atoms with E-state index in [1.807, 2.05) is 26.8 Å². The molecular formula is C47H57F4N5O10S. The minimum atomic E-state index is -4.96. The first-order valence-corrected chi connectivity index (χ1v) is 24.0. The van der Waals surface area contributed by atoms with Crippen LogP contribution in [0.5, 0.6) is 17.4 Å². The number of pyridine rings is 1. The van der Waals surface area contributed by atoms with Crippen molar-refractivity contribution in [3.05, 3.63) is 60.4 Å². The first kappa shape index (κ1) is 49.3. The number of allylic oxidation sites excluding steroid dienone is 1. The molecule has 2 aromatic carbocycles. The molecule has 20 heteroatoms. The first-order chi connectivity index (χ1) is 31.4. The fourth-order valence-corrected chi connectivity index (χ4v) is 10.1. The quantitative estimate of drug-likeness (QED) is 0.131. The molecule has 3 aromatic rings. The summed E-state index contributed by atoms with van der Waals surface area (Å²) in [5.74, 6) is -4.26. The summed E-state index contributed by atoms with van der Waals surface area (Å²) in [6.45, 7) is 8.36. The van der Waals surface area contributed by atoms with Crippen molar-refractivity contribution in [2.75, 3.05) is 13.7 Å². The molecule has 7 rings (SSSR count). The molecule has 15 nitrogen and oxygen atoms in total. The van der Waals surface area contributed by atoms with E-state index < -0.39 is 92.2 Å². The van der Waals surface area contributed by atoms with Gasteiger partial charge in [0.1, 0.15) is 29.5 Å². The lowest BCUT2D eigenvalue weighted by Gasteiger charge is -2.34. The van der Waals surface area contributed by atoms with Crippen molar-refractivity contribution < 1.29 is 64.1 Å². The minimum absolute atomic E-state index is 0.0550. The molecule has 0 unspecified atom stereocenters. The third-order valence-corrected chi connectivity index (χ3v) is 14.6. The van der Waals surface area contributed by atoms with Gasteiger partial charge in [0, 0.05) is 23.3 Å². The molecule has 3 heterocycles. The van der Waals surface area contributed by atoms with E-state index >= 15 is 4.39 Å². The number of hydrogen-bond donors (Lipinski definition) is 3. The van der Waals surface area contributed by atoms with E-state index in [9.17, 15) is 40.8 Å². The van der Waals surface area contributed by atoms with Crippen LogP contribution in [0.15, 0.2) is 54.6 Å². The van der Waals surface area contributed by atoms with Crippen LogP contribution in [0, 0.1) is 23.6 Å². The van der Waals surface area contributed by atoms with E-state index in [2.05, 4.69) is 15.4 Å². The van der Waals surface area contributed by atoms with Gasteiger partial charge in [0.15, 0.2) is 11.6 Å². The second-order valence-electron chi connectivity index (χ2n) is 19.0. The predicted molar refractivity (Wildman–Crippen MR) is 238 cm³/mol. The molecule has 0 spiro atoms. The molecule has 364 valence electrons. The van der Waals surface area contributed by atoms with E-state index in [1.165, 1.54) is 19.2 Å². The van der Waals surface area contributed by atoms with Crippen molar-refractivity contribution in [3.8, 4) is 28.6 Å². The summed E-state index contributed by atoms with van der Waals surface area (Å²) < 4.78 is 108. The Kier molecular flexibility index (Phi) is 13.8. The van der Waals surface area contributed by atoms with Crippen molar-refractivity contribution in [2.45, 2.75) is 133 Å². The van der Waals surface area contributed by atoms with Crippen molar-refractivity contribution in [3.63, 3.8) is 0 Å². The summed E-state index contributed by atoms with van der Waals surface area (Å²) in [6, 6.07) is 8.50. The number of methoxy groups -OCH3 is 1. The number of alkyl carbamates (subject to hydrolysis) is 1. The summed E-state index contributed by atoms with van der Waals surface area (Å²) in [7, 11) is -2.72. The Morgan fingerprint density at radius 3 is 2.36 bits per heavy atom. The molecule has 4 aliphatic rings. The van der Waals surface area contributed by atoms with Crippen LogP contribution in [-0.4, -0.2) is 103 Å². The lowest BCUT2D eigenvalue weighted by molar-refractivity contribution is -0.244. The Hall–Kier alpha value is -5.66. The Bertz CT molecular complexity index is 2530. The van der Waals surface area contributed by atoms with Crippen LogP contribution in [0.2, 0.25) is 0 Å². The third-order valence-electron chi connectivity index (χ3n) is 12.8. The van der Waals surface area contributed by atoms with Crippen LogP contribution in [0.25, 0.3) is 22.0 Å². The predicted octanol–water partition coefficient (Wildman–Crippen LogP) is 7.12. The zero-order valence-corrected chi connectivity index (χ0v) is 39.2. The van der Waals surface area contributed by atoms with Gasteiger partial charge in [-0.1, -0.05) is 26.0 Å². The topological polar surface area (TPSA) is 192 Å². The fraction of sp³-hybridized carbons (Fsp3) is 0.553. The minimum Gasteiger partial charge on any atom is -0.494 e. The summed E-state index contributed by atoms with van der Waals surface area (Å²) in [4.78, 5) is 62.9. The van der Waals surface area contributed by atoms with Crippen LogP contribution >= 0.6 is 0 Å². The van der Waals surface area contributed by atoms with E-state index in [-0.39, 0.29) is 48.4 Å². The van der Waals surface area contributed by atoms with Gasteiger partial charge in [-0.25, -0.2) is 22.6 Å². The molecule has 4 amide bonds. The van der Waals surface area contributed by atoms with Gasteiger partial charge < -0.3 is 34.5 Å². The Balaban J connectivity index is 1.27. The molecule has 67 heavy (non-hydrogen) atoms. The number of carbonyl (C=O) groups excluding carboxylic acids is 4. The Morgan fingerprint density at radius 1 is 1.01 bits per heavy atom. The molecule has 7 atom stereocenters. The summed E-state index contributed by atoms with van der Waals surface area (Å²) in [6.07, 6.45) is -2.04. The van der Waals surface area contributed by atoms with Gasteiger partial charge >= 0.3 is 12.3 Å². The summed E-state index contributed by atoms with van der Waals surface area (Å²) in [5.41, 5.74) is -3.59. The van der Waals surface area contributed by atoms with Crippen molar-refractivity contribution in [2.24, 2.45) is 17.8 Å². The Labute approximate surface area is 386 Å². The number of aromatic nitrogens is 1. The lowest BCUT2D eigenvalue weighted by Crippen LogP contribution is -2.59. The number of ether oxygens (including phenoxy) is 4. The van der Waals surface area contributed by atoms with Gasteiger partial charge in [-0.15, -0.1) is 0 Å². The standard InChI is InChI=1S/C47H57F4N5O10S/c1-25(2)64-31-14-12-28(13-15-31)36-19-29-20-38(63-7)35(48)22-34(29)41(52-36)65-32-21-37-40(57)54-46(43(59)55-67(61,62)33-16-17-33)23-30(46)11-9-8-10-26(3)18-27(4)39(42(58)56(37)24-32)53-44(60)66-45(5,6)47(49,50)51/h9,11-15,19-20,22,25-27,30,32-33,37,39H,8,10,16-18,21,23-24H2,1-7H3,(H,53,60)(H,54,57)(H,55,59)/b11-9-/t26-,27+,30+,32+,37-,39-,46+/m0/s1. The van der Waals surface area contributed by atoms with Gasteiger partial charge in [-0.2, -0.15) is 13.2 Å². The maximum atomic E-state index is 15.4. The molecule has 0 radical (unpaired) electrons. The van der Waals surface area contributed by atoms with Crippen LogP contribution in [-0.2, 0) is 29.1 Å². The monoisotopic (exact) mass is 959 g/mol. The highest BCUT2D eigenvalue weighted by Gasteiger charge is 2.62. The van der Waals surface area contributed by atoms with Crippen LogP contribution in [0.4, 0.5) is 22.4 Å². The number of sulfonamides is 1. The van der Waals surface area contributed by atoms with E-state index in [0.29, 0.717) is 68.3 Å². The smallest absolute Gasteiger partial charge is 0.427 e. The van der Waals surface area contributed by atoms with Gasteiger partial charge in [0.05, 0.1) is 30.7 Å². The number of rotatable bonds is 11. The largest absolute Gasteiger partial charge is 0.494 e. The molecule has 3 N–H and O–H groups in total. The number of amides is 4. The summed E-state index contributed by atoms with van der Waals surface area (Å²) in [5, 5.41) is 5.10. The van der Waals surface area contributed by atoms with Crippen LogP contribution in [0.3, 0.4) is 0 Å². The van der Waals surface area contributed by atoms with Gasteiger partial charge in [-0.3, -0.25) is 19.1 Å². The number of alkyl halides is 3. The van der Waals surface area contributed by atoms with E-state index in [1.54, 1.807) is 43.3 Å². The number of fused-ring (bicyclic) bond motifs is 3. The second kappa shape index (κ2) is 18.8. The zero-order chi connectivity index (χ0) is 48.8. The van der Waals surface area contributed by atoms with Gasteiger partial charge in [-0.05, 0) is 126 Å². The lowest BCUT2D eigenvalue weighted by atomic mass is 9.88. The number of halogens is 4. The van der Waals surface area contributed by atoms with Crippen molar-refractivity contribution in [1.29, 1.82) is 0 Å². The maximum Gasteiger partial charge on any atom is 0.427 e. The van der Waals surface area contributed by atoms with Gasteiger partial charge in [0.25, 0.3) is 5.91 Å². The summed E-state index contributed by atoms with van der Waals surface area (Å²) >= 11 is 0. The molecular weight excluding hydrogens is 903 g/mol. The fourth-order valence-electron chi connectivity index (χ4n) is 8.70. The highest BCUT2D eigenvalue weighted by molar-refractivity contribution is 7.91. The number of carbonyl (C=O) groups is 4.